The molecule has 5 aromatic rings. The van der Waals surface area contributed by atoms with Gasteiger partial charge in [-0.2, -0.15) is 5.10 Å². The molecule has 1 saturated heterocycles. The van der Waals surface area contributed by atoms with Crippen molar-refractivity contribution in [2.75, 3.05) is 26.3 Å². The van der Waals surface area contributed by atoms with E-state index >= 15 is 4.39 Å². The number of piperidine rings is 1. The molecule has 0 spiro atoms. The Morgan fingerprint density at radius 3 is 2.70 bits per heavy atom. The maximum absolute atomic E-state index is 15.1. The van der Waals surface area contributed by atoms with Gasteiger partial charge in [0.2, 0.25) is 0 Å². The zero-order chi connectivity index (χ0) is 35.4. The van der Waals surface area contributed by atoms with Crippen LogP contribution in [-0.2, 0) is 22.7 Å². The molecule has 1 amide bonds. The highest BCUT2D eigenvalue weighted by Gasteiger charge is 2.32. The Morgan fingerprint density at radius 2 is 1.92 bits per heavy atom. The summed E-state index contributed by atoms with van der Waals surface area (Å²) < 4.78 is 36.5. The normalized spacial score (nSPS) is 16.7. The van der Waals surface area contributed by atoms with Gasteiger partial charge in [-0.25, -0.2) is 19.2 Å². The van der Waals surface area contributed by atoms with Crippen molar-refractivity contribution in [3.05, 3.63) is 59.8 Å². The lowest BCUT2D eigenvalue weighted by molar-refractivity contribution is 0.0495. The highest BCUT2D eigenvalue weighted by Crippen LogP contribution is 2.36. The number of unbranched alkanes of at least 4 members (excludes halogenated alkanes) is 1. The predicted molar refractivity (Wildman–Crippen MR) is 195 cm³/mol. The van der Waals surface area contributed by atoms with Crippen LogP contribution in [0.5, 0.6) is 11.5 Å². The van der Waals surface area contributed by atoms with Crippen LogP contribution >= 0.6 is 11.6 Å². The molecule has 0 saturated carbocycles. The van der Waals surface area contributed by atoms with E-state index in [1.54, 1.807) is 23.1 Å². The third-order valence-electron chi connectivity index (χ3n) is 8.98. The van der Waals surface area contributed by atoms with Gasteiger partial charge in [0.15, 0.2) is 0 Å². The van der Waals surface area contributed by atoms with Gasteiger partial charge in [-0.05, 0) is 50.1 Å². The van der Waals surface area contributed by atoms with Crippen LogP contribution in [0.15, 0.2) is 48.9 Å². The van der Waals surface area contributed by atoms with E-state index in [2.05, 4.69) is 34.3 Å². The number of hydrogen-bond donors (Lipinski definition) is 0. The molecule has 11 nitrogen and oxygen atoms in total. The number of aryl methyl sites for hydroxylation is 1. The number of hydrogen-bond acceptors (Lipinski definition) is 8. The first-order valence-corrected chi connectivity index (χ1v) is 21.3. The van der Waals surface area contributed by atoms with Crippen LogP contribution < -0.4 is 4.74 Å². The van der Waals surface area contributed by atoms with Crippen LogP contribution in [0.4, 0.5) is 9.18 Å². The minimum atomic E-state index is -1.19. The molecule has 1 fully saturated rings. The Labute approximate surface area is 297 Å². The number of benzene rings is 2. The van der Waals surface area contributed by atoms with E-state index in [1.807, 2.05) is 44.3 Å². The summed E-state index contributed by atoms with van der Waals surface area (Å²) in [5, 5.41) is 4.81. The van der Waals surface area contributed by atoms with Gasteiger partial charge >= 0.3 is 6.09 Å². The summed E-state index contributed by atoms with van der Waals surface area (Å²) in [6.07, 6.45) is 5.82. The topological polar surface area (TPSA) is 109 Å². The van der Waals surface area contributed by atoms with Crippen molar-refractivity contribution >= 4 is 47.8 Å². The van der Waals surface area contributed by atoms with Crippen molar-refractivity contribution in [1.82, 2.24) is 34.2 Å². The molecular weight excluding hydrogens is 677 g/mol. The Hall–Kier alpha value is -4.07. The van der Waals surface area contributed by atoms with E-state index in [-0.39, 0.29) is 12.5 Å². The van der Waals surface area contributed by atoms with Crippen molar-refractivity contribution in [3.63, 3.8) is 0 Å². The fourth-order valence-corrected chi connectivity index (χ4v) is 6.91. The second-order valence-corrected chi connectivity index (χ2v) is 20.1. The summed E-state index contributed by atoms with van der Waals surface area (Å²) >= 11 is 6.88. The number of fused-ring (bicyclic) bond motifs is 2. The van der Waals surface area contributed by atoms with Crippen LogP contribution in [0.3, 0.4) is 0 Å². The summed E-state index contributed by atoms with van der Waals surface area (Å²) in [6, 6.07) is 10.4. The van der Waals surface area contributed by atoms with Crippen LogP contribution in [0.1, 0.15) is 32.0 Å². The summed E-state index contributed by atoms with van der Waals surface area (Å²) in [5.74, 6) is 1.65. The third kappa shape index (κ3) is 8.44. The maximum Gasteiger partial charge on any atom is 0.409 e. The predicted octanol–water partition coefficient (Wildman–Crippen LogP) is 8.51. The lowest BCUT2D eigenvalue weighted by atomic mass is 9.95. The fourth-order valence-electron chi connectivity index (χ4n) is 5.91. The molecule has 0 N–H and O–H groups in total. The number of amides is 1. The quantitative estimate of drug-likeness (QED) is 0.0880. The van der Waals surface area contributed by atoms with E-state index in [4.69, 9.17) is 35.8 Å². The monoisotopic (exact) mass is 721 g/mol. The molecular formula is C36H45ClFN7O4Si. The van der Waals surface area contributed by atoms with Crippen molar-refractivity contribution in [3.8, 4) is 22.8 Å². The Balaban J connectivity index is 1.13. The SMILES string of the molecule is CCCCOC(=O)N1CCC(Cn2cc(-c3cnc4ccc(Oc5ccc6nc(C)n(COCC[Si](C)(C)C)c6c5)c(Cl)c4n3)cn2)C(F)C1. The van der Waals surface area contributed by atoms with E-state index in [0.29, 0.717) is 66.1 Å². The lowest BCUT2D eigenvalue weighted by Gasteiger charge is -2.34. The van der Waals surface area contributed by atoms with Crippen LogP contribution in [0.2, 0.25) is 30.7 Å². The molecule has 3 aromatic heterocycles. The molecule has 2 atom stereocenters. The number of nitrogens with zero attached hydrogens (tertiary/aromatic N) is 7. The number of halogens is 2. The molecule has 266 valence electrons. The smallest absolute Gasteiger partial charge is 0.409 e. The zero-order valence-electron chi connectivity index (χ0n) is 29.4. The molecule has 0 radical (unpaired) electrons. The summed E-state index contributed by atoms with van der Waals surface area (Å²) in [4.78, 5) is 27.8. The number of carbonyl (C=O) groups is 1. The molecule has 50 heavy (non-hydrogen) atoms. The van der Waals surface area contributed by atoms with Crippen molar-refractivity contribution in [1.29, 1.82) is 0 Å². The Bertz CT molecular complexity index is 1960. The summed E-state index contributed by atoms with van der Waals surface area (Å²) in [7, 11) is -1.19. The largest absolute Gasteiger partial charge is 0.456 e. The van der Waals surface area contributed by atoms with Crippen molar-refractivity contribution in [2.45, 2.75) is 78.2 Å². The molecule has 0 bridgehead atoms. The number of carbonyl (C=O) groups excluding carboxylic acids is 1. The van der Waals surface area contributed by atoms with Crippen LogP contribution in [0, 0.1) is 12.8 Å². The second-order valence-electron chi connectivity index (χ2n) is 14.1. The van der Waals surface area contributed by atoms with E-state index < -0.39 is 20.3 Å². The average Bonchev–Trinajstić information content (AvgIpc) is 3.68. The van der Waals surface area contributed by atoms with Gasteiger partial charge in [0.25, 0.3) is 0 Å². The first kappa shape index (κ1) is 35.7. The molecule has 1 aliphatic heterocycles. The number of rotatable bonds is 13. The summed E-state index contributed by atoms with van der Waals surface area (Å²) in [5.41, 5.74) is 4.21. The number of aromatic nitrogens is 6. The molecule has 14 heteroatoms. The molecule has 4 heterocycles. The third-order valence-corrected chi connectivity index (χ3v) is 11.1. The Kier molecular flexibility index (Phi) is 11.0. The lowest BCUT2D eigenvalue weighted by Crippen LogP contribution is -2.46. The molecule has 6 rings (SSSR count). The van der Waals surface area contributed by atoms with Gasteiger partial charge in [0.1, 0.15) is 40.8 Å². The zero-order valence-corrected chi connectivity index (χ0v) is 31.1. The maximum atomic E-state index is 15.1. The minimum absolute atomic E-state index is 0.0210. The molecule has 2 aromatic carbocycles. The van der Waals surface area contributed by atoms with Gasteiger partial charge in [-0.15, -0.1) is 0 Å². The highest BCUT2D eigenvalue weighted by molar-refractivity contribution is 6.76. The van der Waals surface area contributed by atoms with Gasteiger partial charge in [-0.3, -0.25) is 9.67 Å². The van der Waals surface area contributed by atoms with Gasteiger partial charge in [0, 0.05) is 51.5 Å². The first-order valence-electron chi connectivity index (χ1n) is 17.3. The second kappa shape index (κ2) is 15.4. The van der Waals surface area contributed by atoms with Crippen molar-refractivity contribution in [2.24, 2.45) is 5.92 Å². The Morgan fingerprint density at radius 1 is 1.10 bits per heavy atom. The van der Waals surface area contributed by atoms with Gasteiger partial charge in [0.05, 0.1) is 47.8 Å². The average molecular weight is 722 g/mol. The van der Waals surface area contributed by atoms with Crippen LogP contribution in [0.25, 0.3) is 33.3 Å². The van der Waals surface area contributed by atoms with E-state index in [9.17, 15) is 4.79 Å². The number of imidazole rings is 1. The highest BCUT2D eigenvalue weighted by atomic mass is 35.5. The van der Waals surface area contributed by atoms with Gasteiger partial charge < -0.3 is 23.7 Å². The van der Waals surface area contributed by atoms with Gasteiger partial charge in [-0.1, -0.05) is 44.6 Å². The van der Waals surface area contributed by atoms with Crippen LogP contribution in [-0.4, -0.2) is 80.8 Å². The van der Waals surface area contributed by atoms with E-state index in [0.717, 1.165) is 47.9 Å². The molecule has 0 aliphatic carbocycles. The number of alkyl halides is 1. The first-order chi connectivity index (χ1) is 24.0. The fraction of sp³-hybridized carbons (Fsp3) is 0.472. The standard InChI is InChI=1S/C36H45ClFN7O4Si/c1-6-7-14-48-36(46)43-13-12-25(28(38)22-43)20-44-21-26(18-40-44)31-19-39-30-10-11-33(34(37)35(30)42-31)49-27-8-9-29-32(17-27)45(24(2)41-29)23-47-15-16-50(3,4)5/h8-11,17-19,21,25,28H,6-7,12-16,20,22-23H2,1-5H3. The summed E-state index contributed by atoms with van der Waals surface area (Å²) in [6.45, 7) is 13.4. The molecule has 2 unspecified atom stereocenters. The number of ether oxygens (including phenoxy) is 3. The van der Waals surface area contributed by atoms with E-state index in [1.165, 1.54) is 4.90 Å². The molecule has 1 aliphatic rings. The minimum Gasteiger partial charge on any atom is -0.456 e. The number of likely N-dealkylation sites (tertiary alicyclic amines) is 1. The van der Waals surface area contributed by atoms with Crippen molar-refractivity contribution < 1.29 is 23.4 Å².